The zero-order valence-corrected chi connectivity index (χ0v) is 27.1. The van der Waals surface area contributed by atoms with E-state index in [0.717, 1.165) is 25.0 Å². The highest BCUT2D eigenvalue weighted by molar-refractivity contribution is 5.88. The van der Waals surface area contributed by atoms with Gasteiger partial charge >= 0.3 is 35.8 Å². The lowest BCUT2D eigenvalue weighted by molar-refractivity contribution is -0.184. The van der Waals surface area contributed by atoms with E-state index in [-0.39, 0.29) is 18.2 Å². The van der Waals surface area contributed by atoms with E-state index >= 15 is 0 Å². The average molecular weight is 692 g/mol. The summed E-state index contributed by atoms with van der Waals surface area (Å²) in [5, 5.41) is 39.8. The molecule has 2 heterocycles. The maximum atomic E-state index is 13.4. The number of hydrogen-bond donors (Lipinski definition) is 4. The van der Waals surface area contributed by atoms with Crippen molar-refractivity contribution in [2.24, 2.45) is 0 Å². The maximum absolute atomic E-state index is 13.4. The molecule has 2 aliphatic carbocycles. The number of aliphatic hydroxyl groups is 2. The first-order chi connectivity index (χ1) is 23.0. The molecule has 1 spiro atoms. The molecule has 17 heteroatoms. The number of carbonyl (C=O) groups excluding carboxylic acids is 4. The Hall–Kier alpha value is -4.74. The van der Waals surface area contributed by atoms with Crippen molar-refractivity contribution in [2.45, 2.75) is 93.5 Å². The van der Waals surface area contributed by atoms with Crippen molar-refractivity contribution in [3.8, 4) is 11.5 Å². The van der Waals surface area contributed by atoms with Crippen molar-refractivity contribution in [1.82, 2.24) is 4.90 Å². The molecule has 2 aliphatic heterocycles. The van der Waals surface area contributed by atoms with Crippen molar-refractivity contribution in [2.75, 3.05) is 20.7 Å². The third kappa shape index (κ3) is 6.17. The van der Waals surface area contributed by atoms with Crippen LogP contribution in [0.25, 0.3) is 0 Å². The van der Waals surface area contributed by atoms with Gasteiger partial charge < -0.3 is 53.7 Å². The fourth-order valence-electron chi connectivity index (χ4n) is 7.16. The highest BCUT2D eigenvalue weighted by Crippen LogP contribution is 2.65. The molecule has 1 saturated heterocycles. The molecule has 4 aliphatic rings. The lowest BCUT2D eigenvalue weighted by atomic mass is 9.50. The predicted octanol–water partition coefficient (Wildman–Crippen LogP) is -0.398. The lowest BCUT2D eigenvalue weighted by Crippen LogP contribution is -2.74. The number of nitrogens with zero attached hydrogens (tertiary/aromatic N) is 1. The summed E-state index contributed by atoms with van der Waals surface area (Å²) < 4.78 is 32.4. The topological polar surface area (TPSA) is 242 Å². The molecule has 0 aromatic heterocycles. The highest BCUT2D eigenvalue weighted by Gasteiger charge is 2.72. The summed E-state index contributed by atoms with van der Waals surface area (Å²) in [5.41, 5.74) is -0.598. The number of carboxylic acids is 2. The van der Waals surface area contributed by atoms with E-state index in [1.807, 2.05) is 13.1 Å². The van der Waals surface area contributed by atoms with Crippen LogP contribution in [0.4, 0.5) is 0 Å². The quantitative estimate of drug-likeness (QED) is 0.152. The molecular weight excluding hydrogens is 654 g/mol. The molecule has 1 aromatic carbocycles. The monoisotopic (exact) mass is 691 g/mol. The van der Waals surface area contributed by atoms with Gasteiger partial charge in [0.15, 0.2) is 35.9 Å². The van der Waals surface area contributed by atoms with Gasteiger partial charge in [-0.1, -0.05) is 6.07 Å². The van der Waals surface area contributed by atoms with Gasteiger partial charge in [0.1, 0.15) is 5.76 Å². The zero-order valence-electron chi connectivity index (χ0n) is 27.1. The van der Waals surface area contributed by atoms with Gasteiger partial charge in [0.05, 0.1) is 31.0 Å². The largest absolute Gasteiger partial charge is 0.493 e. The van der Waals surface area contributed by atoms with Crippen LogP contribution in [0.15, 0.2) is 24.0 Å². The molecule has 0 saturated carbocycles. The van der Waals surface area contributed by atoms with Crippen LogP contribution in [-0.4, -0.2) is 124 Å². The van der Waals surface area contributed by atoms with Crippen LogP contribution in [0.1, 0.15) is 50.7 Å². The summed E-state index contributed by atoms with van der Waals surface area (Å²) in [7, 11) is 3.41. The van der Waals surface area contributed by atoms with E-state index in [9.17, 15) is 39.0 Å². The lowest BCUT2D eigenvalue weighted by Gasteiger charge is -2.61. The Morgan fingerprint density at radius 3 is 2.33 bits per heavy atom. The molecule has 1 fully saturated rings. The average Bonchev–Trinajstić information content (AvgIpc) is 3.39. The number of hydrogen-bond acceptors (Lipinski definition) is 15. The number of aliphatic hydroxyl groups excluding tert-OH is 1. The molecular formula is C32H37NO16. The Bertz CT molecular complexity index is 1610. The Kier molecular flexibility index (Phi) is 9.64. The Morgan fingerprint density at radius 1 is 0.980 bits per heavy atom. The summed E-state index contributed by atoms with van der Waals surface area (Å²) in [6.07, 6.45) is -8.05. The first-order valence-electron chi connectivity index (χ1n) is 15.5. The molecule has 0 amide bonds. The highest BCUT2D eigenvalue weighted by atomic mass is 16.6. The number of ether oxygens (including phenoxy) is 6. The minimum atomic E-state index is -2.19. The number of carboxylic acid groups (broad SMARTS) is 2. The van der Waals surface area contributed by atoms with Gasteiger partial charge in [-0.2, -0.15) is 0 Å². The van der Waals surface area contributed by atoms with Crippen molar-refractivity contribution >= 4 is 35.8 Å². The second-order valence-electron chi connectivity index (χ2n) is 12.5. The van der Waals surface area contributed by atoms with E-state index in [1.165, 1.54) is 13.2 Å². The Labute approximate surface area is 279 Å². The third-order valence-corrected chi connectivity index (χ3v) is 9.59. The first-order valence-corrected chi connectivity index (χ1v) is 15.5. The van der Waals surface area contributed by atoms with E-state index in [0.29, 0.717) is 30.9 Å². The van der Waals surface area contributed by atoms with Gasteiger partial charge in [0, 0.05) is 18.0 Å². The van der Waals surface area contributed by atoms with E-state index in [2.05, 4.69) is 9.64 Å². The van der Waals surface area contributed by atoms with Crippen LogP contribution in [0.3, 0.4) is 0 Å². The number of carbonyl (C=O) groups is 6. The number of likely N-dealkylation sites (tertiary alicyclic amines) is 1. The van der Waals surface area contributed by atoms with Gasteiger partial charge in [0.25, 0.3) is 0 Å². The van der Waals surface area contributed by atoms with Gasteiger partial charge in [-0.05, 0) is 58.0 Å². The number of piperidine rings is 1. The smallest absolute Gasteiger partial charge is 0.348 e. The fraction of sp³-hybridized carbons (Fsp3) is 0.562. The fourth-order valence-corrected chi connectivity index (χ4v) is 7.16. The van der Waals surface area contributed by atoms with E-state index in [4.69, 9.17) is 33.9 Å². The number of likely N-dealkylation sites (N-methyl/N-ethyl adjacent to an activating group) is 1. The molecule has 2 bridgehead atoms. The molecule has 3 unspecified atom stereocenters. The van der Waals surface area contributed by atoms with E-state index in [1.54, 1.807) is 6.07 Å². The first kappa shape index (κ1) is 35.6. The van der Waals surface area contributed by atoms with Crippen LogP contribution in [0.5, 0.6) is 11.5 Å². The summed E-state index contributed by atoms with van der Waals surface area (Å²) in [6.45, 7) is 2.71. The van der Waals surface area contributed by atoms with Crippen molar-refractivity contribution in [1.29, 1.82) is 0 Å². The Balaban J connectivity index is 1.38. The van der Waals surface area contributed by atoms with Gasteiger partial charge in [-0.15, -0.1) is 0 Å². The summed E-state index contributed by atoms with van der Waals surface area (Å²) in [4.78, 5) is 75.3. The zero-order chi connectivity index (χ0) is 36.0. The van der Waals surface area contributed by atoms with Gasteiger partial charge in [0.2, 0.25) is 6.10 Å². The van der Waals surface area contributed by atoms with Crippen LogP contribution >= 0.6 is 0 Å². The molecule has 0 radical (unpaired) electrons. The summed E-state index contributed by atoms with van der Waals surface area (Å²) in [5.74, 6) is -7.57. The van der Waals surface area contributed by atoms with Crippen molar-refractivity contribution < 1.29 is 77.6 Å². The number of benzene rings is 1. The molecule has 5 rings (SSSR count). The molecule has 8 atom stereocenters. The standard InChI is InChI=1S/C32H37NO16/c1-14(27(37)38)45-29(41)15(2)46-30(42)20(48-22(35)12-17(34)28(39)40)13-23(36)47-19-7-8-32(43)21-11-16-5-6-18(44-4)25-24(16)31(32,26(19)49-25)9-10-33(21)3/h5-7,14-15,17,20-21,26,34,43H,8-13H2,1-4H3,(H,37,38)(H,39,40)/t14-,15?,17?,20?,21+,26-,31-,32+/m0/s1. The number of aliphatic carboxylic acids is 2. The van der Waals surface area contributed by atoms with Crippen LogP contribution in [0, 0.1) is 0 Å². The third-order valence-electron chi connectivity index (χ3n) is 9.59. The minimum Gasteiger partial charge on any atom is -0.493 e. The van der Waals surface area contributed by atoms with E-state index < -0.39 is 90.2 Å². The summed E-state index contributed by atoms with van der Waals surface area (Å²) >= 11 is 0. The molecule has 1 aromatic rings. The molecule has 266 valence electrons. The Morgan fingerprint density at radius 2 is 1.67 bits per heavy atom. The second kappa shape index (κ2) is 13.3. The van der Waals surface area contributed by atoms with Crippen molar-refractivity contribution in [3.63, 3.8) is 0 Å². The number of esters is 4. The van der Waals surface area contributed by atoms with Crippen LogP contribution in [-0.2, 0) is 59.6 Å². The summed E-state index contributed by atoms with van der Waals surface area (Å²) in [6, 6.07) is 3.41. The normalized spacial score (nSPS) is 27.1. The maximum Gasteiger partial charge on any atom is 0.348 e. The van der Waals surface area contributed by atoms with Gasteiger partial charge in [-0.3, -0.25) is 9.59 Å². The predicted molar refractivity (Wildman–Crippen MR) is 159 cm³/mol. The molecule has 49 heavy (non-hydrogen) atoms. The van der Waals surface area contributed by atoms with Crippen LogP contribution < -0.4 is 9.47 Å². The molecule has 4 N–H and O–H groups in total. The van der Waals surface area contributed by atoms with Gasteiger partial charge in [-0.25, -0.2) is 19.2 Å². The van der Waals surface area contributed by atoms with Crippen molar-refractivity contribution in [3.05, 3.63) is 35.1 Å². The number of rotatable bonds is 13. The second-order valence-corrected chi connectivity index (χ2v) is 12.5. The number of methoxy groups -OCH3 is 1. The minimum absolute atomic E-state index is 0.0310. The van der Waals surface area contributed by atoms with Crippen LogP contribution in [0.2, 0.25) is 0 Å². The SMILES string of the molecule is COc1ccc2c3c1O[C@H]1C(OC(=O)CC(OC(=O)CC(O)C(=O)O)C(=O)OC(C)C(=O)O[C@@H](C)C(=O)O)=CC[C@@]4(O)[C@@H](C2)N(C)CC[C@]314. The molecule has 17 nitrogen and oxygen atoms in total.